The number of amides is 1. The maximum absolute atomic E-state index is 12.4. The molecule has 10 nitrogen and oxygen atoms in total. The SMILES string of the molecule is O=C(Nc1cccc2nn3c(C4CCNCC4)cc(=O)[nH]c3c12)c1cn[nH]n1. The van der Waals surface area contributed by atoms with E-state index in [0.29, 0.717) is 22.2 Å². The largest absolute Gasteiger partial charge is 0.320 e. The normalized spacial score (nSPS) is 15.3. The number of aromatic nitrogens is 6. The van der Waals surface area contributed by atoms with Crippen LogP contribution in [0.15, 0.2) is 35.3 Å². The van der Waals surface area contributed by atoms with Gasteiger partial charge in [-0.25, -0.2) is 4.52 Å². The number of piperidine rings is 1. The second kappa shape index (κ2) is 6.57. The Kier molecular flexibility index (Phi) is 3.90. The summed E-state index contributed by atoms with van der Waals surface area (Å²) >= 11 is 0. The summed E-state index contributed by atoms with van der Waals surface area (Å²) in [7, 11) is 0. The molecule has 28 heavy (non-hydrogen) atoms. The smallest absolute Gasteiger partial charge is 0.277 e. The summed E-state index contributed by atoms with van der Waals surface area (Å²) in [4.78, 5) is 27.7. The molecule has 10 heteroatoms. The van der Waals surface area contributed by atoms with Crippen molar-refractivity contribution in [2.75, 3.05) is 18.4 Å². The van der Waals surface area contributed by atoms with Crippen molar-refractivity contribution in [3.63, 3.8) is 0 Å². The van der Waals surface area contributed by atoms with Crippen molar-refractivity contribution in [3.05, 3.63) is 52.2 Å². The number of rotatable bonds is 3. The van der Waals surface area contributed by atoms with Crippen molar-refractivity contribution >= 4 is 28.1 Å². The average Bonchev–Trinajstić information content (AvgIpc) is 3.36. The van der Waals surface area contributed by atoms with Crippen LogP contribution in [-0.2, 0) is 0 Å². The third-order valence-electron chi connectivity index (χ3n) is 5.12. The van der Waals surface area contributed by atoms with E-state index < -0.39 is 5.91 Å². The zero-order chi connectivity index (χ0) is 19.1. The fraction of sp³-hybridized carbons (Fsp3) is 0.278. The highest BCUT2D eigenvalue weighted by Crippen LogP contribution is 2.30. The molecule has 0 bridgehead atoms. The van der Waals surface area contributed by atoms with Crippen LogP contribution in [-0.4, -0.2) is 49.0 Å². The Morgan fingerprint density at radius 1 is 1.25 bits per heavy atom. The monoisotopic (exact) mass is 378 g/mol. The lowest BCUT2D eigenvalue weighted by Gasteiger charge is -2.23. The van der Waals surface area contributed by atoms with Crippen molar-refractivity contribution in [1.82, 2.24) is 35.3 Å². The topological polar surface area (TPSA) is 133 Å². The summed E-state index contributed by atoms with van der Waals surface area (Å²) < 4.78 is 1.80. The highest BCUT2D eigenvalue weighted by atomic mass is 16.2. The number of aromatic amines is 2. The molecule has 1 fully saturated rings. The van der Waals surface area contributed by atoms with Crippen molar-refractivity contribution in [2.45, 2.75) is 18.8 Å². The number of nitrogens with one attached hydrogen (secondary N) is 4. The molecule has 0 unspecified atom stereocenters. The van der Waals surface area contributed by atoms with Gasteiger partial charge in [0.15, 0.2) is 5.69 Å². The van der Waals surface area contributed by atoms with E-state index in [2.05, 4.69) is 31.0 Å². The van der Waals surface area contributed by atoms with Crippen LogP contribution in [0.2, 0.25) is 0 Å². The zero-order valence-corrected chi connectivity index (χ0v) is 14.9. The minimum absolute atomic E-state index is 0.178. The van der Waals surface area contributed by atoms with Crippen molar-refractivity contribution < 1.29 is 4.79 Å². The van der Waals surface area contributed by atoms with Crippen LogP contribution < -0.4 is 16.2 Å². The number of anilines is 1. The summed E-state index contributed by atoms with van der Waals surface area (Å²) in [6.45, 7) is 1.83. The molecule has 1 aromatic carbocycles. The van der Waals surface area contributed by atoms with E-state index in [1.807, 2.05) is 12.1 Å². The summed E-state index contributed by atoms with van der Waals surface area (Å²) in [5.41, 5.74) is 2.71. The Hall–Kier alpha value is -3.53. The van der Waals surface area contributed by atoms with Gasteiger partial charge in [0.25, 0.3) is 11.5 Å². The molecule has 1 aliphatic rings. The quantitative estimate of drug-likeness (QED) is 0.421. The number of hydrogen-bond donors (Lipinski definition) is 4. The molecule has 4 heterocycles. The third-order valence-corrected chi connectivity index (χ3v) is 5.12. The molecule has 1 amide bonds. The van der Waals surface area contributed by atoms with Gasteiger partial charge in [0, 0.05) is 12.0 Å². The number of fused-ring (bicyclic) bond motifs is 3. The lowest BCUT2D eigenvalue weighted by molar-refractivity contribution is 0.102. The Morgan fingerprint density at radius 2 is 2.11 bits per heavy atom. The average molecular weight is 378 g/mol. The molecule has 4 N–H and O–H groups in total. The molecule has 0 radical (unpaired) electrons. The molecular weight excluding hydrogens is 360 g/mol. The van der Waals surface area contributed by atoms with Crippen LogP contribution in [0, 0.1) is 0 Å². The molecule has 1 saturated heterocycles. The van der Waals surface area contributed by atoms with Crippen LogP contribution in [0.1, 0.15) is 34.9 Å². The van der Waals surface area contributed by atoms with E-state index in [1.165, 1.54) is 6.20 Å². The molecule has 4 aromatic rings. The summed E-state index contributed by atoms with van der Waals surface area (Å²) in [6, 6.07) is 7.08. The number of carbonyl (C=O) groups is 1. The third kappa shape index (κ3) is 2.74. The van der Waals surface area contributed by atoms with E-state index in [9.17, 15) is 9.59 Å². The Bertz CT molecular complexity index is 1220. The van der Waals surface area contributed by atoms with Crippen molar-refractivity contribution in [2.24, 2.45) is 0 Å². The molecule has 0 spiro atoms. The molecule has 0 saturated carbocycles. The number of carbonyl (C=O) groups excluding carboxylic acids is 1. The first-order valence-corrected chi connectivity index (χ1v) is 9.13. The number of nitrogens with zero attached hydrogens (tertiary/aromatic N) is 4. The van der Waals surface area contributed by atoms with Gasteiger partial charge >= 0.3 is 0 Å². The minimum atomic E-state index is -0.391. The highest BCUT2D eigenvalue weighted by molar-refractivity contribution is 6.11. The van der Waals surface area contributed by atoms with Gasteiger partial charge in [-0.2, -0.15) is 20.5 Å². The number of H-pyrrole nitrogens is 2. The second-order valence-electron chi connectivity index (χ2n) is 6.85. The van der Waals surface area contributed by atoms with E-state index in [1.54, 1.807) is 16.6 Å². The highest BCUT2D eigenvalue weighted by Gasteiger charge is 2.22. The van der Waals surface area contributed by atoms with Gasteiger partial charge in [0.05, 0.1) is 28.5 Å². The molecule has 0 atom stereocenters. The van der Waals surface area contributed by atoms with Gasteiger partial charge in [-0.3, -0.25) is 9.59 Å². The first-order valence-electron chi connectivity index (χ1n) is 9.13. The lowest BCUT2D eigenvalue weighted by atomic mass is 9.94. The Labute approximate surface area is 158 Å². The number of benzene rings is 1. The van der Waals surface area contributed by atoms with E-state index >= 15 is 0 Å². The first-order chi connectivity index (χ1) is 13.7. The summed E-state index contributed by atoms with van der Waals surface area (Å²) in [5, 5.41) is 21.4. The van der Waals surface area contributed by atoms with Gasteiger partial charge < -0.3 is 15.6 Å². The fourth-order valence-electron chi connectivity index (χ4n) is 3.80. The summed E-state index contributed by atoms with van der Waals surface area (Å²) in [5.74, 6) is -0.133. The van der Waals surface area contributed by atoms with Gasteiger partial charge in [0.1, 0.15) is 5.65 Å². The van der Waals surface area contributed by atoms with Crippen LogP contribution in [0.4, 0.5) is 5.69 Å². The van der Waals surface area contributed by atoms with Gasteiger partial charge in [-0.15, -0.1) is 0 Å². The maximum atomic E-state index is 12.4. The van der Waals surface area contributed by atoms with Gasteiger partial charge in [0.2, 0.25) is 0 Å². The molecular formula is C18H18N8O2. The summed E-state index contributed by atoms with van der Waals surface area (Å²) in [6.07, 6.45) is 3.25. The second-order valence-corrected chi connectivity index (χ2v) is 6.85. The van der Waals surface area contributed by atoms with E-state index in [-0.39, 0.29) is 17.2 Å². The predicted octanol–water partition coefficient (Wildman–Crippen LogP) is 1.01. The van der Waals surface area contributed by atoms with Gasteiger partial charge in [-0.05, 0) is 38.1 Å². The van der Waals surface area contributed by atoms with E-state index in [0.717, 1.165) is 31.6 Å². The van der Waals surface area contributed by atoms with Crippen molar-refractivity contribution in [1.29, 1.82) is 0 Å². The zero-order valence-electron chi connectivity index (χ0n) is 14.9. The van der Waals surface area contributed by atoms with Gasteiger partial charge in [-0.1, -0.05) is 6.07 Å². The first kappa shape index (κ1) is 16.6. The molecule has 1 aliphatic heterocycles. The molecule has 142 valence electrons. The molecule has 3 aromatic heterocycles. The lowest BCUT2D eigenvalue weighted by Crippen LogP contribution is -2.28. The van der Waals surface area contributed by atoms with Crippen molar-refractivity contribution in [3.8, 4) is 0 Å². The fourth-order valence-corrected chi connectivity index (χ4v) is 3.80. The predicted molar refractivity (Wildman–Crippen MR) is 102 cm³/mol. The number of hydrogen-bond acceptors (Lipinski definition) is 6. The molecule has 0 aliphatic carbocycles. The van der Waals surface area contributed by atoms with Crippen LogP contribution in [0.25, 0.3) is 16.6 Å². The standard InChI is InChI=1S/C18H18N8O2/c27-15-8-14(10-4-6-19-7-5-10)26-17(22-15)16-11(2-1-3-12(16)24-26)21-18(28)13-9-20-25-23-13/h1-3,8-10,19H,4-7H2,(H,21,28)(H,22,27)(H,20,23,25). The Morgan fingerprint density at radius 3 is 2.89 bits per heavy atom. The van der Waals surface area contributed by atoms with Crippen LogP contribution >= 0.6 is 0 Å². The van der Waals surface area contributed by atoms with Crippen LogP contribution in [0.5, 0.6) is 0 Å². The Balaban J connectivity index is 1.67. The maximum Gasteiger partial charge on any atom is 0.277 e. The van der Waals surface area contributed by atoms with E-state index in [4.69, 9.17) is 5.10 Å². The minimum Gasteiger partial charge on any atom is -0.320 e. The van der Waals surface area contributed by atoms with Crippen LogP contribution in [0.3, 0.4) is 0 Å². The molecule has 5 rings (SSSR count).